The van der Waals surface area contributed by atoms with Crippen LogP contribution in [-0.2, 0) is 14.1 Å². The van der Waals surface area contributed by atoms with E-state index < -0.39 is 6.83 Å². The molecule has 0 rings (SSSR count). The summed E-state index contributed by atoms with van der Waals surface area (Å²) in [5.41, 5.74) is 0. The first-order chi connectivity index (χ1) is 7.01. The van der Waals surface area contributed by atoms with Crippen molar-refractivity contribution in [2.75, 3.05) is 38.4 Å². The van der Waals surface area contributed by atoms with Gasteiger partial charge in [-0.2, -0.15) is 0 Å². The van der Waals surface area contributed by atoms with Crippen molar-refractivity contribution in [3.63, 3.8) is 0 Å². The molecule has 92 valence electrons. The number of hydrogen-bond donors (Lipinski definition) is 0. The van der Waals surface area contributed by atoms with Crippen LogP contribution in [0.25, 0.3) is 0 Å². The van der Waals surface area contributed by atoms with Crippen LogP contribution in [0.4, 0.5) is 0 Å². The summed E-state index contributed by atoms with van der Waals surface area (Å²) in [6.07, 6.45) is 3.91. The van der Waals surface area contributed by atoms with E-state index in [9.17, 15) is 4.79 Å². The molecule has 0 bridgehead atoms. The van der Waals surface area contributed by atoms with E-state index in [2.05, 4.69) is 27.7 Å². The first-order valence-electron chi connectivity index (χ1n) is 5.73. The summed E-state index contributed by atoms with van der Waals surface area (Å²) in [5.74, 6) is -0.206. The van der Waals surface area contributed by atoms with E-state index in [0.29, 0.717) is 0 Å². The van der Waals surface area contributed by atoms with Gasteiger partial charge in [-0.1, -0.05) is 0 Å². The molecule has 0 aliphatic rings. The van der Waals surface area contributed by atoms with Crippen molar-refractivity contribution in [3.8, 4) is 0 Å². The predicted octanol–water partition coefficient (Wildman–Crippen LogP) is 2.72. The van der Waals surface area contributed by atoms with Crippen LogP contribution in [0, 0.1) is 0 Å². The number of methoxy groups -OCH3 is 1. The second kappa shape index (κ2) is 5.81. The van der Waals surface area contributed by atoms with Crippen molar-refractivity contribution >= 4 is 12.8 Å². The molecule has 0 spiro atoms. The molecular weight excluding hydrogens is 211 g/mol. The Bertz CT molecular complexity index is 188. The molecule has 0 unspecified atom stereocenters. The van der Waals surface area contributed by atoms with Gasteiger partial charge < -0.3 is 0 Å². The molecule has 0 radical (unpaired) electrons. The second-order valence-corrected chi connectivity index (χ2v) is 10.4. The molecule has 0 atom stereocenters. The molecule has 0 amide bonds. The van der Waals surface area contributed by atoms with E-state index in [1.54, 1.807) is 0 Å². The Hall–Kier alpha value is -0.140. The minimum atomic E-state index is -2.24. The van der Waals surface area contributed by atoms with Crippen molar-refractivity contribution in [1.29, 1.82) is 0 Å². The zero-order chi connectivity index (χ0) is 12.0. The molecule has 0 fully saturated rings. The molecular formula is C11H25O3P. The Morgan fingerprint density at radius 1 is 1.00 bits per heavy atom. The summed E-state index contributed by atoms with van der Waals surface area (Å²) in [6, 6.07) is 0. The Morgan fingerprint density at radius 2 is 1.40 bits per heavy atom. The quantitative estimate of drug-likeness (QED) is 0.637. The van der Waals surface area contributed by atoms with Gasteiger partial charge in [-0.25, -0.2) is 0 Å². The molecule has 0 N–H and O–H groups in total. The van der Waals surface area contributed by atoms with E-state index in [4.69, 9.17) is 9.26 Å². The van der Waals surface area contributed by atoms with Crippen molar-refractivity contribution < 1.29 is 14.1 Å². The van der Waals surface area contributed by atoms with Crippen LogP contribution in [0.2, 0.25) is 0 Å². The van der Waals surface area contributed by atoms with Gasteiger partial charge in [0.25, 0.3) is 0 Å². The van der Waals surface area contributed by atoms with Gasteiger partial charge in [0.15, 0.2) is 0 Å². The molecule has 0 aromatic heterocycles. The number of rotatable bonds is 7. The first kappa shape index (κ1) is 14.9. The summed E-state index contributed by atoms with van der Waals surface area (Å²) >= 11 is 0. The second-order valence-electron chi connectivity index (χ2n) is 4.02. The molecule has 0 saturated carbocycles. The Labute approximate surface area is 93.5 Å². The summed E-state index contributed by atoms with van der Waals surface area (Å²) in [7, 11) is 1.52. The molecule has 0 aromatic rings. The van der Waals surface area contributed by atoms with Gasteiger partial charge in [-0.3, -0.25) is 0 Å². The standard InChI is InChI=1S/C11H25O3P/c1-6-15(7-2,8-3,9-4)14-11(12)10-13-5/h6-10H2,1-5H3. The van der Waals surface area contributed by atoms with Gasteiger partial charge >= 0.3 is 92.9 Å². The van der Waals surface area contributed by atoms with Crippen LogP contribution in [-0.4, -0.2) is 44.3 Å². The normalized spacial score (nSPS) is 14.3. The summed E-state index contributed by atoms with van der Waals surface area (Å²) in [4.78, 5) is 11.6. The molecule has 0 aliphatic heterocycles. The Kier molecular flexibility index (Phi) is 5.76. The van der Waals surface area contributed by atoms with Crippen LogP contribution in [0.1, 0.15) is 27.7 Å². The maximum absolute atomic E-state index is 11.6. The van der Waals surface area contributed by atoms with E-state index in [1.165, 1.54) is 7.11 Å². The summed E-state index contributed by atoms with van der Waals surface area (Å²) in [6.45, 7) is 6.36. The number of ether oxygens (including phenoxy) is 1. The van der Waals surface area contributed by atoms with E-state index >= 15 is 0 Å². The molecule has 0 aliphatic carbocycles. The van der Waals surface area contributed by atoms with Gasteiger partial charge in [0.1, 0.15) is 0 Å². The van der Waals surface area contributed by atoms with E-state index in [0.717, 1.165) is 24.6 Å². The monoisotopic (exact) mass is 236 g/mol. The molecule has 0 aromatic carbocycles. The van der Waals surface area contributed by atoms with Gasteiger partial charge in [-0.05, 0) is 0 Å². The van der Waals surface area contributed by atoms with Crippen LogP contribution in [0.15, 0.2) is 0 Å². The van der Waals surface area contributed by atoms with Gasteiger partial charge in [-0.15, -0.1) is 0 Å². The van der Waals surface area contributed by atoms with E-state index in [-0.39, 0.29) is 12.6 Å². The van der Waals surface area contributed by atoms with Crippen LogP contribution in [0.3, 0.4) is 0 Å². The average Bonchev–Trinajstić information content (AvgIpc) is 2.27. The third-order valence-corrected chi connectivity index (χ3v) is 10.9. The van der Waals surface area contributed by atoms with Crippen LogP contribution >= 0.6 is 6.83 Å². The number of carbonyl (C=O) groups is 1. The molecule has 0 saturated heterocycles. The third-order valence-electron chi connectivity index (χ3n) is 3.82. The van der Waals surface area contributed by atoms with Crippen LogP contribution in [0.5, 0.6) is 0 Å². The average molecular weight is 236 g/mol. The zero-order valence-electron chi connectivity index (χ0n) is 10.7. The minimum absolute atomic E-state index is 0.0674. The van der Waals surface area contributed by atoms with Gasteiger partial charge in [0.2, 0.25) is 0 Å². The van der Waals surface area contributed by atoms with E-state index in [1.807, 2.05) is 0 Å². The SMILES string of the molecule is CCP(CC)(CC)(CC)OC(=O)COC. The van der Waals surface area contributed by atoms with Crippen molar-refractivity contribution in [3.05, 3.63) is 0 Å². The fourth-order valence-corrected chi connectivity index (χ4v) is 5.86. The molecule has 15 heavy (non-hydrogen) atoms. The fraction of sp³-hybridized carbons (Fsp3) is 0.909. The number of carbonyl (C=O) groups excluding carboxylic acids is 1. The van der Waals surface area contributed by atoms with Gasteiger partial charge in [0, 0.05) is 0 Å². The van der Waals surface area contributed by atoms with Gasteiger partial charge in [0.05, 0.1) is 0 Å². The number of hydrogen-bond acceptors (Lipinski definition) is 3. The van der Waals surface area contributed by atoms with Crippen molar-refractivity contribution in [1.82, 2.24) is 0 Å². The predicted molar refractivity (Wildman–Crippen MR) is 67.1 cm³/mol. The Balaban J connectivity index is 4.85. The Morgan fingerprint density at radius 3 is 1.67 bits per heavy atom. The van der Waals surface area contributed by atoms with Crippen molar-refractivity contribution in [2.24, 2.45) is 0 Å². The summed E-state index contributed by atoms with van der Waals surface area (Å²) < 4.78 is 10.6. The zero-order valence-corrected chi connectivity index (χ0v) is 11.6. The third kappa shape index (κ3) is 3.15. The molecule has 3 nitrogen and oxygen atoms in total. The maximum atomic E-state index is 11.6. The first-order valence-corrected chi connectivity index (χ1v) is 8.63. The van der Waals surface area contributed by atoms with Crippen molar-refractivity contribution in [2.45, 2.75) is 27.7 Å². The summed E-state index contributed by atoms with van der Waals surface area (Å²) in [5, 5.41) is 0. The molecule has 0 heterocycles. The fourth-order valence-electron chi connectivity index (χ4n) is 2.03. The molecule has 4 heteroatoms. The topological polar surface area (TPSA) is 35.5 Å². The van der Waals surface area contributed by atoms with Crippen LogP contribution < -0.4 is 0 Å².